The van der Waals surface area contributed by atoms with Crippen LogP contribution < -0.4 is 5.32 Å². The van der Waals surface area contributed by atoms with Crippen molar-refractivity contribution in [1.29, 1.82) is 0 Å². The normalized spacial score (nSPS) is 11.0. The van der Waals surface area contributed by atoms with Gasteiger partial charge < -0.3 is 10.3 Å². The minimum Gasteiger partial charge on any atom is -0.339 e. The Bertz CT molecular complexity index is 1440. The highest BCUT2D eigenvalue weighted by Crippen LogP contribution is 2.41. The summed E-state index contributed by atoms with van der Waals surface area (Å²) in [5, 5.41) is 15.6. The van der Waals surface area contributed by atoms with E-state index in [2.05, 4.69) is 15.3 Å². The number of hydrogen-bond donors (Lipinski definition) is 2. The number of nitrogens with one attached hydrogen (secondary N) is 2. The first-order chi connectivity index (χ1) is 15.2. The van der Waals surface area contributed by atoms with Crippen LogP contribution in [0, 0.1) is 10.1 Å². The second-order valence-corrected chi connectivity index (χ2v) is 7.09. The maximum absolute atomic E-state index is 11.4. The van der Waals surface area contributed by atoms with Gasteiger partial charge in [-0.1, -0.05) is 42.5 Å². The molecule has 0 bridgehead atoms. The Morgan fingerprint density at radius 1 is 0.968 bits per heavy atom. The standard InChI is InChI=1S/C24H16N4O3/c29-14-26-17-8-6-15(7-9-17)20-13-25-24-23(22(20)16-4-2-1-3-5-16)19-12-18(28(30)31)10-11-21(19)27-24/h1-14H,(H,25,27)(H,26,29). The molecule has 0 aliphatic rings. The molecule has 7 heteroatoms. The number of nitrogens with zero attached hydrogens (tertiary/aromatic N) is 2. The van der Waals surface area contributed by atoms with E-state index in [1.54, 1.807) is 18.3 Å². The molecule has 0 radical (unpaired) electrons. The van der Waals surface area contributed by atoms with E-state index >= 15 is 0 Å². The highest BCUT2D eigenvalue weighted by Gasteiger charge is 2.19. The number of pyridine rings is 1. The Kier molecular flexibility index (Phi) is 4.41. The van der Waals surface area contributed by atoms with Crippen molar-refractivity contribution in [3.05, 3.63) is 89.1 Å². The zero-order valence-electron chi connectivity index (χ0n) is 16.2. The number of hydrogen-bond acceptors (Lipinski definition) is 4. The Labute approximate surface area is 176 Å². The van der Waals surface area contributed by atoms with E-state index in [0.717, 1.165) is 38.5 Å². The van der Waals surface area contributed by atoms with Crippen LogP contribution in [0.15, 0.2) is 79.0 Å². The summed E-state index contributed by atoms with van der Waals surface area (Å²) in [6.07, 6.45) is 2.44. The lowest BCUT2D eigenvalue weighted by Gasteiger charge is -2.12. The Morgan fingerprint density at radius 3 is 2.45 bits per heavy atom. The lowest BCUT2D eigenvalue weighted by Crippen LogP contribution is -1.94. The topological polar surface area (TPSA) is 101 Å². The predicted octanol–water partition coefficient (Wildman–Crippen LogP) is 5.53. The zero-order chi connectivity index (χ0) is 21.4. The number of anilines is 1. The zero-order valence-corrected chi connectivity index (χ0v) is 16.2. The van der Waals surface area contributed by atoms with E-state index in [1.807, 2.05) is 54.6 Å². The third-order valence-electron chi connectivity index (χ3n) is 5.30. The second kappa shape index (κ2) is 7.38. The summed E-state index contributed by atoms with van der Waals surface area (Å²) < 4.78 is 0. The average molecular weight is 408 g/mol. The van der Waals surface area contributed by atoms with E-state index in [9.17, 15) is 14.9 Å². The highest BCUT2D eigenvalue weighted by atomic mass is 16.6. The van der Waals surface area contributed by atoms with E-state index in [0.29, 0.717) is 17.7 Å². The molecule has 5 rings (SSSR count). The van der Waals surface area contributed by atoms with Gasteiger partial charge in [-0.3, -0.25) is 14.9 Å². The molecule has 0 saturated heterocycles. The number of fused-ring (bicyclic) bond motifs is 3. The SMILES string of the molecule is O=CNc1ccc(-c2cnc3[nH]c4ccc([N+](=O)[O-])cc4c3c2-c2ccccc2)cc1. The van der Waals surface area contributed by atoms with Gasteiger partial charge in [0.15, 0.2) is 0 Å². The van der Waals surface area contributed by atoms with E-state index < -0.39 is 4.92 Å². The number of nitro benzene ring substituents is 1. The minimum absolute atomic E-state index is 0.0297. The number of carbonyl (C=O) groups is 1. The van der Waals surface area contributed by atoms with Gasteiger partial charge in [-0.05, 0) is 29.3 Å². The van der Waals surface area contributed by atoms with E-state index in [4.69, 9.17) is 0 Å². The van der Waals surface area contributed by atoms with Gasteiger partial charge >= 0.3 is 0 Å². The van der Waals surface area contributed by atoms with Crippen molar-refractivity contribution >= 4 is 39.7 Å². The molecular weight excluding hydrogens is 392 g/mol. The minimum atomic E-state index is -0.392. The fourth-order valence-electron chi connectivity index (χ4n) is 3.90. The number of non-ortho nitro benzene ring substituents is 1. The third-order valence-corrected chi connectivity index (χ3v) is 5.30. The van der Waals surface area contributed by atoms with Gasteiger partial charge in [0.25, 0.3) is 5.69 Å². The third kappa shape index (κ3) is 3.18. The lowest BCUT2D eigenvalue weighted by atomic mass is 9.92. The van der Waals surface area contributed by atoms with Gasteiger partial charge in [-0.25, -0.2) is 4.98 Å². The number of rotatable bonds is 5. The van der Waals surface area contributed by atoms with E-state index in [1.165, 1.54) is 6.07 Å². The van der Waals surface area contributed by atoms with Crippen LogP contribution in [0.2, 0.25) is 0 Å². The molecule has 0 spiro atoms. The van der Waals surface area contributed by atoms with Crippen molar-refractivity contribution in [1.82, 2.24) is 9.97 Å². The maximum Gasteiger partial charge on any atom is 0.270 e. The summed E-state index contributed by atoms with van der Waals surface area (Å²) in [6.45, 7) is 0. The summed E-state index contributed by atoms with van der Waals surface area (Å²) in [5.41, 5.74) is 5.90. The number of amides is 1. The molecule has 0 atom stereocenters. The predicted molar refractivity (Wildman–Crippen MR) is 121 cm³/mol. The second-order valence-electron chi connectivity index (χ2n) is 7.09. The molecule has 5 aromatic rings. The number of carbonyl (C=O) groups excluding carboxylic acids is 1. The summed E-state index contributed by atoms with van der Waals surface area (Å²) in [4.78, 5) is 29.6. The number of H-pyrrole nitrogens is 1. The molecule has 2 aromatic heterocycles. The van der Waals surface area contributed by atoms with Gasteiger partial charge in [-0.15, -0.1) is 0 Å². The number of aromatic amines is 1. The molecule has 0 aliphatic carbocycles. The van der Waals surface area contributed by atoms with Crippen molar-refractivity contribution in [2.24, 2.45) is 0 Å². The Morgan fingerprint density at radius 2 is 1.74 bits per heavy atom. The molecule has 7 nitrogen and oxygen atoms in total. The first kappa shape index (κ1) is 18.5. The van der Waals surface area contributed by atoms with Crippen molar-refractivity contribution < 1.29 is 9.72 Å². The van der Waals surface area contributed by atoms with Gasteiger partial charge in [0.1, 0.15) is 5.65 Å². The number of benzene rings is 3. The fraction of sp³-hybridized carbons (Fsp3) is 0. The quantitative estimate of drug-likeness (QED) is 0.227. The number of aromatic nitrogens is 2. The molecule has 31 heavy (non-hydrogen) atoms. The van der Waals surface area contributed by atoms with Gasteiger partial charge in [0.2, 0.25) is 6.41 Å². The maximum atomic E-state index is 11.4. The van der Waals surface area contributed by atoms with Gasteiger partial charge in [0.05, 0.1) is 4.92 Å². The van der Waals surface area contributed by atoms with Crippen molar-refractivity contribution in [2.45, 2.75) is 0 Å². The smallest absolute Gasteiger partial charge is 0.270 e. The first-order valence-corrected chi connectivity index (χ1v) is 9.60. The summed E-state index contributed by atoms with van der Waals surface area (Å²) in [5.74, 6) is 0. The summed E-state index contributed by atoms with van der Waals surface area (Å²) in [6, 6.07) is 22.1. The molecule has 0 aliphatic heterocycles. The molecule has 3 aromatic carbocycles. The van der Waals surface area contributed by atoms with Crippen LogP contribution in [-0.2, 0) is 4.79 Å². The molecule has 2 N–H and O–H groups in total. The average Bonchev–Trinajstić information content (AvgIpc) is 3.18. The monoisotopic (exact) mass is 408 g/mol. The van der Waals surface area contributed by atoms with Gasteiger partial charge in [0, 0.05) is 51.4 Å². The van der Waals surface area contributed by atoms with Gasteiger partial charge in [-0.2, -0.15) is 0 Å². The van der Waals surface area contributed by atoms with Crippen LogP contribution in [0.5, 0.6) is 0 Å². The van der Waals surface area contributed by atoms with E-state index in [-0.39, 0.29) is 5.69 Å². The van der Waals surface area contributed by atoms with Crippen LogP contribution >= 0.6 is 0 Å². The number of nitro groups is 1. The summed E-state index contributed by atoms with van der Waals surface area (Å²) >= 11 is 0. The first-order valence-electron chi connectivity index (χ1n) is 9.60. The van der Waals surface area contributed by atoms with Crippen molar-refractivity contribution in [3.8, 4) is 22.3 Å². The Hall–Kier alpha value is -4.52. The van der Waals surface area contributed by atoms with Crippen LogP contribution in [0.3, 0.4) is 0 Å². The summed E-state index contributed by atoms with van der Waals surface area (Å²) in [7, 11) is 0. The molecule has 2 heterocycles. The lowest BCUT2D eigenvalue weighted by molar-refractivity contribution is -0.384. The van der Waals surface area contributed by atoms with Crippen LogP contribution in [-0.4, -0.2) is 21.3 Å². The fourth-order valence-corrected chi connectivity index (χ4v) is 3.90. The van der Waals surface area contributed by atoms with Crippen molar-refractivity contribution in [2.75, 3.05) is 5.32 Å². The van der Waals surface area contributed by atoms with Crippen LogP contribution in [0.4, 0.5) is 11.4 Å². The highest BCUT2D eigenvalue weighted by molar-refractivity contribution is 6.16. The molecule has 0 unspecified atom stereocenters. The Balaban J connectivity index is 1.85. The molecular formula is C24H16N4O3. The van der Waals surface area contributed by atoms with Crippen LogP contribution in [0.25, 0.3) is 44.2 Å². The molecule has 0 saturated carbocycles. The molecule has 150 valence electrons. The largest absolute Gasteiger partial charge is 0.339 e. The van der Waals surface area contributed by atoms with Crippen LogP contribution in [0.1, 0.15) is 0 Å². The molecule has 1 amide bonds. The van der Waals surface area contributed by atoms with Crippen molar-refractivity contribution in [3.63, 3.8) is 0 Å². The molecule has 0 fully saturated rings.